The lowest BCUT2D eigenvalue weighted by molar-refractivity contribution is -0.133. The molecule has 1 heterocycles. The largest absolute Gasteiger partial charge is 0.340 e. The van der Waals surface area contributed by atoms with Crippen molar-refractivity contribution in [2.24, 2.45) is 5.73 Å². The van der Waals surface area contributed by atoms with Crippen LogP contribution in [0.5, 0.6) is 0 Å². The van der Waals surface area contributed by atoms with Gasteiger partial charge in [0, 0.05) is 32.6 Å². The van der Waals surface area contributed by atoms with E-state index in [1.807, 2.05) is 4.90 Å². The monoisotopic (exact) mass is 409 g/mol. The average molecular weight is 410 g/mol. The van der Waals surface area contributed by atoms with Crippen molar-refractivity contribution in [3.8, 4) is 0 Å². The fourth-order valence-electron chi connectivity index (χ4n) is 3.53. The molecular weight excluding hydrogens is 381 g/mol. The van der Waals surface area contributed by atoms with Crippen LogP contribution in [-0.4, -0.2) is 48.4 Å². The molecule has 1 aliphatic heterocycles. The molecule has 27 heavy (non-hydrogen) atoms. The molecule has 0 spiro atoms. The Labute approximate surface area is 174 Å². The average Bonchev–Trinajstić information content (AvgIpc) is 2.68. The molecule has 1 amide bonds. The highest BCUT2D eigenvalue weighted by Gasteiger charge is 2.27. The molecule has 0 atom stereocenters. The lowest BCUT2D eigenvalue weighted by Gasteiger charge is -2.39. The molecular formula is C21H29Cl2N3O. The van der Waals surface area contributed by atoms with Crippen molar-refractivity contribution in [1.82, 2.24) is 9.80 Å². The van der Waals surface area contributed by atoms with E-state index in [1.54, 1.807) is 0 Å². The van der Waals surface area contributed by atoms with E-state index in [0.717, 1.165) is 32.6 Å². The van der Waals surface area contributed by atoms with Gasteiger partial charge in [-0.05, 0) is 24.1 Å². The van der Waals surface area contributed by atoms with E-state index >= 15 is 0 Å². The van der Waals surface area contributed by atoms with Crippen molar-refractivity contribution < 1.29 is 4.79 Å². The first-order chi connectivity index (χ1) is 12.3. The van der Waals surface area contributed by atoms with Crippen LogP contribution in [0.15, 0.2) is 60.7 Å². The number of halogens is 2. The fraction of sp³-hybridized carbons (Fsp3) is 0.381. The van der Waals surface area contributed by atoms with E-state index in [0.29, 0.717) is 13.0 Å². The number of nitrogens with zero attached hydrogens (tertiary/aromatic N) is 2. The van der Waals surface area contributed by atoms with Gasteiger partial charge < -0.3 is 10.6 Å². The normalized spacial score (nSPS) is 14.4. The molecule has 1 saturated heterocycles. The van der Waals surface area contributed by atoms with Gasteiger partial charge in [-0.2, -0.15) is 0 Å². The van der Waals surface area contributed by atoms with Gasteiger partial charge in [-0.3, -0.25) is 9.69 Å². The van der Waals surface area contributed by atoms with Crippen molar-refractivity contribution >= 4 is 30.7 Å². The second-order valence-electron chi connectivity index (χ2n) is 6.53. The summed E-state index contributed by atoms with van der Waals surface area (Å²) in [6.45, 7) is 3.95. The molecule has 0 radical (unpaired) electrons. The maximum atomic E-state index is 12.2. The van der Waals surface area contributed by atoms with Gasteiger partial charge >= 0.3 is 0 Å². The third-order valence-corrected chi connectivity index (χ3v) is 4.86. The summed E-state index contributed by atoms with van der Waals surface area (Å²) in [5.41, 5.74) is 8.12. The summed E-state index contributed by atoms with van der Waals surface area (Å²) >= 11 is 0. The van der Waals surface area contributed by atoms with E-state index in [9.17, 15) is 4.79 Å². The highest BCUT2D eigenvalue weighted by molar-refractivity contribution is 5.85. The highest BCUT2D eigenvalue weighted by atomic mass is 35.5. The van der Waals surface area contributed by atoms with Gasteiger partial charge in [-0.1, -0.05) is 60.7 Å². The van der Waals surface area contributed by atoms with Crippen LogP contribution < -0.4 is 5.73 Å². The third kappa shape index (κ3) is 6.22. The summed E-state index contributed by atoms with van der Waals surface area (Å²) in [5, 5.41) is 0. The van der Waals surface area contributed by atoms with Crippen molar-refractivity contribution in [3.05, 3.63) is 71.8 Å². The van der Waals surface area contributed by atoms with Crippen LogP contribution >= 0.6 is 24.8 Å². The number of nitrogens with two attached hydrogens (primary N) is 1. The molecule has 0 aliphatic carbocycles. The van der Waals surface area contributed by atoms with E-state index in [1.165, 1.54) is 11.1 Å². The van der Waals surface area contributed by atoms with Crippen LogP contribution in [0.2, 0.25) is 0 Å². The number of hydrogen-bond donors (Lipinski definition) is 1. The minimum Gasteiger partial charge on any atom is -0.340 e. The smallest absolute Gasteiger partial charge is 0.222 e. The minimum absolute atomic E-state index is 0. The number of piperazine rings is 1. The van der Waals surface area contributed by atoms with Gasteiger partial charge in [-0.25, -0.2) is 0 Å². The van der Waals surface area contributed by atoms with Crippen LogP contribution in [0.25, 0.3) is 0 Å². The number of rotatable bonds is 6. The maximum Gasteiger partial charge on any atom is 0.222 e. The molecule has 0 aromatic heterocycles. The quantitative estimate of drug-likeness (QED) is 0.793. The molecule has 2 aromatic carbocycles. The Morgan fingerprint density at radius 1 is 0.852 bits per heavy atom. The fourth-order valence-corrected chi connectivity index (χ4v) is 3.53. The topological polar surface area (TPSA) is 49.6 Å². The Morgan fingerprint density at radius 3 is 1.78 bits per heavy atom. The Bertz CT molecular complexity index is 622. The van der Waals surface area contributed by atoms with Gasteiger partial charge in [0.15, 0.2) is 0 Å². The summed E-state index contributed by atoms with van der Waals surface area (Å²) in [7, 11) is 0. The van der Waals surface area contributed by atoms with E-state index < -0.39 is 0 Å². The molecule has 2 N–H and O–H groups in total. The Morgan fingerprint density at radius 2 is 1.33 bits per heavy atom. The first-order valence-electron chi connectivity index (χ1n) is 9.11. The summed E-state index contributed by atoms with van der Waals surface area (Å²) in [6, 6.07) is 21.5. The molecule has 1 fully saturated rings. The zero-order chi connectivity index (χ0) is 17.5. The van der Waals surface area contributed by atoms with Crippen molar-refractivity contribution in [2.45, 2.75) is 18.9 Å². The minimum atomic E-state index is 0. The Balaban J connectivity index is 0.00000182. The van der Waals surface area contributed by atoms with E-state index in [4.69, 9.17) is 5.73 Å². The number of benzene rings is 2. The van der Waals surface area contributed by atoms with Crippen molar-refractivity contribution in [2.75, 3.05) is 32.7 Å². The van der Waals surface area contributed by atoms with Crippen LogP contribution in [0, 0.1) is 0 Å². The lowest BCUT2D eigenvalue weighted by atomic mass is 9.96. The van der Waals surface area contributed by atoms with Crippen LogP contribution in [0.4, 0.5) is 0 Å². The zero-order valence-corrected chi connectivity index (χ0v) is 17.1. The Kier molecular flexibility index (Phi) is 10.4. The summed E-state index contributed by atoms with van der Waals surface area (Å²) < 4.78 is 0. The predicted molar refractivity (Wildman–Crippen MR) is 116 cm³/mol. The molecule has 148 valence electrons. The molecule has 0 saturated carbocycles. The predicted octanol–water partition coefficient (Wildman–Crippen LogP) is 3.50. The van der Waals surface area contributed by atoms with Gasteiger partial charge in [0.2, 0.25) is 5.91 Å². The van der Waals surface area contributed by atoms with Crippen LogP contribution in [0.1, 0.15) is 30.0 Å². The second kappa shape index (κ2) is 12.0. The van der Waals surface area contributed by atoms with Gasteiger partial charge in [0.05, 0.1) is 6.04 Å². The molecule has 4 nitrogen and oxygen atoms in total. The summed E-state index contributed by atoms with van der Waals surface area (Å²) in [4.78, 5) is 16.7. The van der Waals surface area contributed by atoms with Crippen molar-refractivity contribution in [1.29, 1.82) is 0 Å². The maximum absolute atomic E-state index is 12.2. The number of carbonyl (C=O) groups is 1. The molecule has 6 heteroatoms. The first-order valence-corrected chi connectivity index (χ1v) is 9.11. The van der Waals surface area contributed by atoms with E-state index in [-0.39, 0.29) is 36.8 Å². The number of carbonyl (C=O) groups excluding carboxylic acids is 1. The Hall–Kier alpha value is -1.59. The second-order valence-corrected chi connectivity index (χ2v) is 6.53. The molecule has 0 bridgehead atoms. The standard InChI is InChI=1S/C21H27N3O.2ClH/c22-13-7-12-20(25)23-14-16-24(17-15-23)21(18-8-3-1-4-9-18)19-10-5-2-6-11-19;;/h1-6,8-11,21H,7,12-17,22H2;2*1H. The summed E-state index contributed by atoms with van der Waals surface area (Å²) in [6.07, 6.45) is 1.34. The van der Waals surface area contributed by atoms with Gasteiger partial charge in [-0.15, -0.1) is 24.8 Å². The van der Waals surface area contributed by atoms with Crippen LogP contribution in [0.3, 0.4) is 0 Å². The molecule has 2 aromatic rings. The molecule has 3 rings (SSSR count). The van der Waals surface area contributed by atoms with Crippen molar-refractivity contribution in [3.63, 3.8) is 0 Å². The molecule has 0 unspecified atom stereocenters. The highest BCUT2D eigenvalue weighted by Crippen LogP contribution is 2.29. The molecule has 1 aliphatic rings. The van der Waals surface area contributed by atoms with Crippen LogP contribution in [-0.2, 0) is 4.79 Å². The van der Waals surface area contributed by atoms with Gasteiger partial charge in [0.1, 0.15) is 0 Å². The first kappa shape index (κ1) is 23.4. The van der Waals surface area contributed by atoms with Gasteiger partial charge in [0.25, 0.3) is 0 Å². The van der Waals surface area contributed by atoms with E-state index in [2.05, 4.69) is 65.6 Å². The number of hydrogen-bond acceptors (Lipinski definition) is 3. The third-order valence-electron chi connectivity index (χ3n) is 4.86. The summed E-state index contributed by atoms with van der Waals surface area (Å²) in [5.74, 6) is 0.237. The SMILES string of the molecule is Cl.Cl.NCCCC(=O)N1CCN(C(c2ccccc2)c2ccccc2)CC1. The zero-order valence-electron chi connectivity index (χ0n) is 15.5. The lowest BCUT2D eigenvalue weighted by Crippen LogP contribution is -2.49. The number of amides is 1.